The first kappa shape index (κ1) is 14.3. The van der Waals surface area contributed by atoms with Crippen molar-refractivity contribution in [2.75, 3.05) is 0 Å². The maximum Gasteiger partial charge on any atom is 0.197 e. The average Bonchev–Trinajstić information content (AvgIpc) is 2.53. The first-order valence-electron chi connectivity index (χ1n) is 6.88. The third kappa shape index (κ3) is 3.53. The van der Waals surface area contributed by atoms with E-state index < -0.39 is 0 Å². The minimum atomic E-state index is -0.267. The van der Waals surface area contributed by atoms with E-state index in [2.05, 4.69) is 15.6 Å². The van der Waals surface area contributed by atoms with Crippen LogP contribution < -0.4 is 21.1 Å². The van der Waals surface area contributed by atoms with Crippen molar-refractivity contribution in [1.82, 2.24) is 10.6 Å². The van der Waals surface area contributed by atoms with Crippen molar-refractivity contribution < 1.29 is 4.74 Å². The van der Waals surface area contributed by atoms with Crippen molar-refractivity contribution in [1.29, 1.82) is 0 Å². The summed E-state index contributed by atoms with van der Waals surface area (Å²) in [6.07, 6.45) is -0.267. The van der Waals surface area contributed by atoms with E-state index in [1.54, 1.807) is 0 Å². The maximum atomic E-state index is 5.76. The summed E-state index contributed by atoms with van der Waals surface area (Å²) >= 11 is 5.07. The van der Waals surface area contributed by atoms with Crippen LogP contribution >= 0.6 is 12.2 Å². The van der Waals surface area contributed by atoms with Crippen LogP contribution in [-0.4, -0.2) is 11.1 Å². The number of rotatable bonds is 4. The van der Waals surface area contributed by atoms with Crippen molar-refractivity contribution in [3.05, 3.63) is 65.7 Å². The summed E-state index contributed by atoms with van der Waals surface area (Å²) < 4.78 is 5.76. The number of nitrogens with zero attached hydrogens (tertiary/aromatic N) is 1. The molecule has 0 amide bonds. The van der Waals surface area contributed by atoms with E-state index in [1.165, 1.54) is 0 Å². The Labute approximate surface area is 134 Å². The standard InChI is InChI=1S/C16H16N4OS/c17-15-18-14(19-16(22)20-15)12-6-8-13(9-7-12)21-10-11-4-2-1-3-5-11/h1-9,14H,10H2,(H4,17,18,19,20,22)/t14-/m0/s1. The Kier molecular flexibility index (Phi) is 4.20. The van der Waals surface area contributed by atoms with E-state index in [1.807, 2.05) is 54.6 Å². The Morgan fingerprint density at radius 3 is 2.50 bits per heavy atom. The van der Waals surface area contributed by atoms with Gasteiger partial charge in [0.25, 0.3) is 0 Å². The van der Waals surface area contributed by atoms with Gasteiger partial charge in [0.1, 0.15) is 18.5 Å². The Balaban J connectivity index is 1.65. The summed E-state index contributed by atoms with van der Waals surface area (Å²) in [5, 5.41) is 6.28. The predicted molar refractivity (Wildman–Crippen MR) is 90.4 cm³/mol. The highest BCUT2D eigenvalue weighted by molar-refractivity contribution is 7.80. The molecular formula is C16H16N4OS. The van der Waals surface area contributed by atoms with Crippen LogP contribution in [0.2, 0.25) is 0 Å². The summed E-state index contributed by atoms with van der Waals surface area (Å²) in [6.45, 7) is 0.543. The molecule has 6 heteroatoms. The highest BCUT2D eigenvalue weighted by Gasteiger charge is 2.17. The molecule has 1 atom stereocenters. The largest absolute Gasteiger partial charge is 0.489 e. The molecule has 0 saturated heterocycles. The molecule has 1 heterocycles. The third-order valence-corrected chi connectivity index (χ3v) is 3.44. The normalized spacial score (nSPS) is 17.2. The van der Waals surface area contributed by atoms with Gasteiger partial charge in [-0.2, -0.15) is 0 Å². The molecule has 112 valence electrons. The molecule has 2 aromatic rings. The Hall–Kier alpha value is -2.60. The quantitative estimate of drug-likeness (QED) is 0.754. The van der Waals surface area contributed by atoms with Crippen molar-refractivity contribution >= 4 is 23.3 Å². The second-order valence-electron chi connectivity index (χ2n) is 4.86. The fourth-order valence-electron chi connectivity index (χ4n) is 2.13. The van der Waals surface area contributed by atoms with Gasteiger partial charge in [-0.15, -0.1) is 0 Å². The highest BCUT2D eigenvalue weighted by Crippen LogP contribution is 2.20. The number of hydrogen-bond donors (Lipinski definition) is 3. The van der Waals surface area contributed by atoms with Crippen molar-refractivity contribution in [3.8, 4) is 5.75 Å². The molecule has 1 aliphatic heterocycles. The fourth-order valence-corrected chi connectivity index (χ4v) is 2.34. The van der Waals surface area contributed by atoms with Crippen LogP contribution in [0.15, 0.2) is 59.6 Å². The van der Waals surface area contributed by atoms with Crippen LogP contribution in [0.25, 0.3) is 0 Å². The van der Waals surface area contributed by atoms with Crippen LogP contribution in [-0.2, 0) is 6.61 Å². The van der Waals surface area contributed by atoms with E-state index in [9.17, 15) is 0 Å². The van der Waals surface area contributed by atoms with E-state index in [0.717, 1.165) is 16.9 Å². The molecule has 22 heavy (non-hydrogen) atoms. The number of thiocarbonyl (C=S) groups is 1. The zero-order valence-corrected chi connectivity index (χ0v) is 12.6. The molecule has 0 aliphatic carbocycles. The van der Waals surface area contributed by atoms with E-state index >= 15 is 0 Å². The molecule has 1 aliphatic rings. The van der Waals surface area contributed by atoms with Crippen LogP contribution in [0.3, 0.4) is 0 Å². The molecule has 0 saturated carbocycles. The van der Waals surface area contributed by atoms with Crippen LogP contribution in [0.1, 0.15) is 17.3 Å². The zero-order valence-electron chi connectivity index (χ0n) is 11.8. The van der Waals surface area contributed by atoms with Crippen LogP contribution in [0.5, 0.6) is 5.75 Å². The molecule has 4 N–H and O–H groups in total. The first-order chi connectivity index (χ1) is 10.7. The monoisotopic (exact) mass is 312 g/mol. The van der Waals surface area contributed by atoms with Crippen LogP contribution in [0.4, 0.5) is 0 Å². The summed E-state index contributed by atoms with van der Waals surface area (Å²) in [4.78, 5) is 4.27. The minimum absolute atomic E-state index is 0.267. The predicted octanol–water partition coefficient (Wildman–Crippen LogP) is 2.06. The van der Waals surface area contributed by atoms with Crippen molar-refractivity contribution in [2.24, 2.45) is 10.7 Å². The summed E-state index contributed by atoms with van der Waals surface area (Å²) in [6, 6.07) is 17.8. The van der Waals surface area contributed by atoms with E-state index in [-0.39, 0.29) is 6.17 Å². The smallest absolute Gasteiger partial charge is 0.197 e. The molecule has 0 spiro atoms. The van der Waals surface area contributed by atoms with Gasteiger partial charge in [0.2, 0.25) is 0 Å². The summed E-state index contributed by atoms with van der Waals surface area (Å²) in [5.41, 5.74) is 7.79. The number of nitrogens with one attached hydrogen (secondary N) is 2. The number of benzene rings is 2. The minimum Gasteiger partial charge on any atom is -0.489 e. The lowest BCUT2D eigenvalue weighted by atomic mass is 10.1. The van der Waals surface area contributed by atoms with Crippen LogP contribution in [0, 0.1) is 0 Å². The molecule has 2 aromatic carbocycles. The fraction of sp³-hybridized carbons (Fsp3) is 0.125. The number of hydrogen-bond acceptors (Lipinski definition) is 4. The molecule has 5 nitrogen and oxygen atoms in total. The van der Waals surface area contributed by atoms with Gasteiger partial charge < -0.3 is 21.1 Å². The second kappa shape index (κ2) is 6.44. The third-order valence-electron chi connectivity index (χ3n) is 3.22. The van der Waals surface area contributed by atoms with Gasteiger partial charge in [-0.05, 0) is 35.5 Å². The lowest BCUT2D eigenvalue weighted by Crippen LogP contribution is -2.49. The Bertz CT molecular complexity index is 685. The summed E-state index contributed by atoms with van der Waals surface area (Å²) in [5.74, 6) is 1.12. The van der Waals surface area contributed by atoms with Gasteiger partial charge in [0, 0.05) is 0 Å². The lowest BCUT2D eigenvalue weighted by molar-refractivity contribution is 0.306. The SMILES string of the molecule is NC1=N[C@H](c2ccc(OCc3ccccc3)cc2)NC(=S)N1. The lowest BCUT2D eigenvalue weighted by Gasteiger charge is -2.23. The van der Waals surface area contributed by atoms with E-state index in [0.29, 0.717) is 17.7 Å². The average molecular weight is 312 g/mol. The maximum absolute atomic E-state index is 5.76. The molecule has 0 aromatic heterocycles. The number of guanidine groups is 1. The molecule has 0 bridgehead atoms. The first-order valence-corrected chi connectivity index (χ1v) is 7.29. The number of aliphatic imine (C=N–C) groups is 1. The zero-order chi connectivity index (χ0) is 15.4. The van der Waals surface area contributed by atoms with Gasteiger partial charge in [0.15, 0.2) is 11.1 Å². The van der Waals surface area contributed by atoms with Gasteiger partial charge in [-0.1, -0.05) is 42.5 Å². The molecule has 0 radical (unpaired) electrons. The van der Waals surface area contributed by atoms with Crippen molar-refractivity contribution in [3.63, 3.8) is 0 Å². The molecule has 0 fully saturated rings. The highest BCUT2D eigenvalue weighted by atomic mass is 32.1. The van der Waals surface area contributed by atoms with Gasteiger partial charge in [0.05, 0.1) is 0 Å². The molecule has 3 rings (SSSR count). The number of ether oxygens (including phenoxy) is 1. The topological polar surface area (TPSA) is 71.7 Å². The van der Waals surface area contributed by atoms with Gasteiger partial charge in [-0.3, -0.25) is 0 Å². The van der Waals surface area contributed by atoms with E-state index in [4.69, 9.17) is 22.7 Å². The molecular weight excluding hydrogens is 296 g/mol. The summed E-state index contributed by atoms with van der Waals surface area (Å²) in [7, 11) is 0. The van der Waals surface area contributed by atoms with Gasteiger partial charge >= 0.3 is 0 Å². The second-order valence-corrected chi connectivity index (χ2v) is 5.27. The number of nitrogens with two attached hydrogens (primary N) is 1. The Morgan fingerprint density at radius 1 is 1.09 bits per heavy atom. The van der Waals surface area contributed by atoms with Crippen molar-refractivity contribution in [2.45, 2.75) is 12.8 Å². The van der Waals surface area contributed by atoms with Gasteiger partial charge in [-0.25, -0.2) is 4.99 Å². The molecule has 0 unspecified atom stereocenters. The Morgan fingerprint density at radius 2 is 1.82 bits per heavy atom.